The van der Waals surface area contributed by atoms with E-state index in [1.807, 2.05) is 18.2 Å². The first-order valence-corrected chi connectivity index (χ1v) is 12.6. The number of hydrogen-bond acceptors (Lipinski definition) is 5. The van der Waals surface area contributed by atoms with E-state index in [9.17, 15) is 26.3 Å². The predicted molar refractivity (Wildman–Crippen MR) is 138 cm³/mol. The maximum Gasteiger partial charge on any atom is 0.490 e. The average molecular weight is 592 g/mol. The smallest absolute Gasteiger partial charge is 0.475 e. The molecule has 4 rings (SSSR count). The Balaban J connectivity index is 0.000000349. The van der Waals surface area contributed by atoms with Crippen LogP contribution >= 0.6 is 0 Å². The molecule has 0 atom stereocenters. The molecule has 226 valence electrons. The standard InChI is InChI=1S/C23H29N3O.2C2HF3O2/c1-26(14-13-18-5-3-2-4-6-18)16-19-7-9-20(10-8-19)27-21-11-12-22-23(15-21)25-17-24-22;2*3-2(4,5)1(6)7/h7-12,15,17-18H,2-6,13-14,16H2,1H3,(H,24,25);2*(H,6,7). The molecule has 1 aliphatic carbocycles. The summed E-state index contributed by atoms with van der Waals surface area (Å²) in [6.07, 6.45) is 0.0530. The average Bonchev–Trinajstić information content (AvgIpc) is 3.37. The highest BCUT2D eigenvalue weighted by atomic mass is 19.4. The Bertz CT molecular complexity index is 1210. The molecule has 0 unspecified atom stereocenters. The number of hydrogen-bond donors (Lipinski definition) is 3. The zero-order valence-corrected chi connectivity index (χ0v) is 22.1. The van der Waals surface area contributed by atoms with Crippen molar-refractivity contribution in [1.29, 1.82) is 0 Å². The molecule has 1 fully saturated rings. The van der Waals surface area contributed by atoms with E-state index in [2.05, 4.69) is 46.2 Å². The van der Waals surface area contributed by atoms with E-state index < -0.39 is 24.3 Å². The fraction of sp³-hybridized carbons (Fsp3) is 0.444. The summed E-state index contributed by atoms with van der Waals surface area (Å²) < 4.78 is 69.4. The number of nitrogens with zero attached hydrogens (tertiary/aromatic N) is 2. The van der Waals surface area contributed by atoms with E-state index in [-0.39, 0.29) is 0 Å². The number of nitrogens with one attached hydrogen (secondary N) is 1. The Morgan fingerprint density at radius 3 is 2.00 bits per heavy atom. The van der Waals surface area contributed by atoms with Gasteiger partial charge in [0.1, 0.15) is 11.5 Å². The van der Waals surface area contributed by atoms with E-state index in [0.717, 1.165) is 35.0 Å². The van der Waals surface area contributed by atoms with Crippen LogP contribution in [0, 0.1) is 5.92 Å². The molecule has 1 saturated carbocycles. The van der Waals surface area contributed by atoms with Gasteiger partial charge in [0.2, 0.25) is 0 Å². The van der Waals surface area contributed by atoms with Gasteiger partial charge in [0.15, 0.2) is 0 Å². The van der Waals surface area contributed by atoms with Crippen LogP contribution in [0.25, 0.3) is 11.0 Å². The lowest BCUT2D eigenvalue weighted by Crippen LogP contribution is -2.22. The summed E-state index contributed by atoms with van der Waals surface area (Å²) in [6, 6.07) is 14.4. The SMILES string of the molecule is CN(CCC1CCCCC1)Cc1ccc(Oc2ccc3[nH]cnc3c2)cc1.O=C(O)C(F)(F)F.O=C(O)C(F)(F)F. The van der Waals surface area contributed by atoms with Crippen molar-refractivity contribution in [3.05, 3.63) is 54.4 Å². The molecule has 1 aromatic heterocycles. The summed E-state index contributed by atoms with van der Waals surface area (Å²) in [5.74, 6) is -2.89. The highest BCUT2D eigenvalue weighted by Crippen LogP contribution is 2.27. The first-order valence-electron chi connectivity index (χ1n) is 12.6. The normalized spacial score (nSPS) is 14.0. The van der Waals surface area contributed by atoms with E-state index in [0.29, 0.717) is 0 Å². The summed E-state index contributed by atoms with van der Waals surface area (Å²) in [7, 11) is 2.23. The second kappa shape index (κ2) is 15.3. The van der Waals surface area contributed by atoms with Gasteiger partial charge in [-0.05, 0) is 55.8 Å². The van der Waals surface area contributed by atoms with Crippen molar-refractivity contribution in [2.45, 2.75) is 57.4 Å². The summed E-state index contributed by atoms with van der Waals surface area (Å²) >= 11 is 0. The van der Waals surface area contributed by atoms with Crippen LogP contribution in [0.15, 0.2) is 48.8 Å². The van der Waals surface area contributed by atoms with Gasteiger partial charge in [0, 0.05) is 12.6 Å². The van der Waals surface area contributed by atoms with E-state index in [1.165, 1.54) is 50.6 Å². The number of halogens is 6. The lowest BCUT2D eigenvalue weighted by atomic mass is 9.87. The monoisotopic (exact) mass is 591 g/mol. The van der Waals surface area contributed by atoms with Crippen LogP contribution in [0.3, 0.4) is 0 Å². The molecule has 1 aliphatic rings. The highest BCUT2D eigenvalue weighted by Gasteiger charge is 2.38. The third-order valence-electron chi connectivity index (χ3n) is 6.13. The minimum Gasteiger partial charge on any atom is -0.475 e. The second-order valence-electron chi connectivity index (χ2n) is 9.46. The van der Waals surface area contributed by atoms with Crippen LogP contribution in [0.5, 0.6) is 11.5 Å². The highest BCUT2D eigenvalue weighted by molar-refractivity contribution is 5.76. The zero-order chi connectivity index (χ0) is 30.6. The maximum atomic E-state index is 10.6. The van der Waals surface area contributed by atoms with Gasteiger partial charge in [0.25, 0.3) is 0 Å². The van der Waals surface area contributed by atoms with Crippen molar-refractivity contribution >= 4 is 23.0 Å². The molecule has 0 amide bonds. The molecule has 3 N–H and O–H groups in total. The first kappa shape index (κ1) is 33.4. The van der Waals surface area contributed by atoms with Crippen LogP contribution in [-0.4, -0.2) is 63.0 Å². The number of imidazole rings is 1. The lowest BCUT2D eigenvalue weighted by molar-refractivity contribution is -0.193. The Kier molecular flexibility index (Phi) is 12.4. The van der Waals surface area contributed by atoms with Crippen LogP contribution in [-0.2, 0) is 16.1 Å². The third kappa shape index (κ3) is 12.5. The van der Waals surface area contributed by atoms with Crippen molar-refractivity contribution in [3.8, 4) is 11.5 Å². The van der Waals surface area contributed by atoms with Crippen molar-refractivity contribution in [3.63, 3.8) is 0 Å². The first-order chi connectivity index (χ1) is 19.1. The number of aromatic nitrogens is 2. The molecule has 8 nitrogen and oxygen atoms in total. The molecule has 0 aliphatic heterocycles. The number of aliphatic carboxylic acids is 2. The fourth-order valence-corrected chi connectivity index (χ4v) is 4.04. The number of carboxylic acid groups (broad SMARTS) is 2. The van der Waals surface area contributed by atoms with Crippen LogP contribution in [0.1, 0.15) is 44.1 Å². The summed E-state index contributed by atoms with van der Waals surface area (Å²) in [6.45, 7) is 2.18. The van der Waals surface area contributed by atoms with Gasteiger partial charge in [-0.15, -0.1) is 0 Å². The number of alkyl halides is 6. The van der Waals surface area contributed by atoms with E-state index in [1.54, 1.807) is 6.33 Å². The number of ether oxygens (including phenoxy) is 1. The number of rotatable bonds is 7. The minimum absolute atomic E-state index is 0.812. The van der Waals surface area contributed by atoms with Gasteiger partial charge in [-0.3, -0.25) is 0 Å². The van der Waals surface area contributed by atoms with Crippen molar-refractivity contribution in [2.75, 3.05) is 13.6 Å². The van der Waals surface area contributed by atoms with Crippen molar-refractivity contribution in [1.82, 2.24) is 14.9 Å². The van der Waals surface area contributed by atoms with Crippen molar-refractivity contribution < 1.29 is 50.9 Å². The number of fused-ring (bicyclic) bond motifs is 1. The van der Waals surface area contributed by atoms with Gasteiger partial charge < -0.3 is 24.8 Å². The van der Waals surface area contributed by atoms with Crippen LogP contribution < -0.4 is 4.74 Å². The molecule has 14 heteroatoms. The summed E-state index contributed by atoms with van der Waals surface area (Å²) in [5, 5.41) is 14.2. The van der Waals surface area contributed by atoms with E-state index >= 15 is 0 Å². The topological polar surface area (TPSA) is 116 Å². The molecular weight excluding hydrogens is 560 g/mol. The lowest BCUT2D eigenvalue weighted by Gasteiger charge is -2.24. The number of aromatic amines is 1. The fourth-order valence-electron chi connectivity index (χ4n) is 4.04. The molecule has 0 radical (unpaired) electrons. The van der Waals surface area contributed by atoms with Gasteiger partial charge in [0.05, 0.1) is 17.4 Å². The van der Waals surface area contributed by atoms with Gasteiger partial charge >= 0.3 is 24.3 Å². The number of H-pyrrole nitrogens is 1. The molecular formula is C27H31F6N3O5. The Labute approximate surface area is 231 Å². The Hall–Kier alpha value is -3.81. The quantitative estimate of drug-likeness (QED) is 0.253. The second-order valence-corrected chi connectivity index (χ2v) is 9.46. The Morgan fingerprint density at radius 1 is 0.927 bits per heavy atom. The molecule has 0 spiro atoms. The molecule has 0 saturated heterocycles. The third-order valence-corrected chi connectivity index (χ3v) is 6.13. The molecule has 0 bridgehead atoms. The van der Waals surface area contributed by atoms with Crippen molar-refractivity contribution in [2.24, 2.45) is 5.92 Å². The molecule has 41 heavy (non-hydrogen) atoms. The number of carboxylic acids is 2. The van der Waals surface area contributed by atoms with Crippen LogP contribution in [0.4, 0.5) is 26.3 Å². The van der Waals surface area contributed by atoms with Crippen LogP contribution in [0.2, 0.25) is 0 Å². The summed E-state index contributed by atoms with van der Waals surface area (Å²) in [4.78, 5) is 27.6. The molecule has 3 aromatic rings. The number of carbonyl (C=O) groups is 2. The summed E-state index contributed by atoms with van der Waals surface area (Å²) in [5.41, 5.74) is 3.27. The van der Waals surface area contributed by atoms with Gasteiger partial charge in [-0.2, -0.15) is 26.3 Å². The van der Waals surface area contributed by atoms with E-state index in [4.69, 9.17) is 24.5 Å². The van der Waals surface area contributed by atoms with Gasteiger partial charge in [-0.25, -0.2) is 14.6 Å². The number of benzene rings is 2. The largest absolute Gasteiger partial charge is 0.490 e. The predicted octanol–water partition coefficient (Wildman–Crippen LogP) is 7.02. The maximum absolute atomic E-state index is 10.6. The minimum atomic E-state index is -5.08. The molecule has 2 aromatic carbocycles. The molecule has 1 heterocycles. The Morgan fingerprint density at radius 2 is 1.46 bits per heavy atom. The van der Waals surface area contributed by atoms with Gasteiger partial charge in [-0.1, -0.05) is 44.2 Å². The zero-order valence-electron chi connectivity index (χ0n) is 22.1.